The van der Waals surface area contributed by atoms with Crippen molar-refractivity contribution in [2.75, 3.05) is 24.1 Å². The summed E-state index contributed by atoms with van der Waals surface area (Å²) in [6.45, 7) is 3.60. The predicted molar refractivity (Wildman–Crippen MR) is 84.2 cm³/mol. The van der Waals surface area contributed by atoms with Crippen LogP contribution in [0.4, 0.5) is 5.69 Å². The van der Waals surface area contributed by atoms with Gasteiger partial charge in [0.05, 0.1) is 16.8 Å². The number of hydrogen-bond donors (Lipinski definition) is 1. The lowest BCUT2D eigenvalue weighted by Crippen LogP contribution is -2.39. The Balaban J connectivity index is 2.18. The molecule has 0 bridgehead atoms. The summed E-state index contributed by atoms with van der Waals surface area (Å²) in [5.74, 6) is 0.394. The van der Waals surface area contributed by atoms with E-state index in [1.54, 1.807) is 17.0 Å². The second kappa shape index (κ2) is 6.23. The van der Waals surface area contributed by atoms with Gasteiger partial charge >= 0.3 is 0 Å². The van der Waals surface area contributed by atoms with Crippen LogP contribution >= 0.6 is 11.6 Å². The van der Waals surface area contributed by atoms with E-state index in [-0.39, 0.29) is 10.9 Å². The molecule has 0 aliphatic carbocycles. The van der Waals surface area contributed by atoms with E-state index in [9.17, 15) is 13.2 Å². The topological polar surface area (TPSA) is 66.5 Å². The number of carbonyl (C=O) groups excluding carboxylic acids is 1. The molecule has 0 saturated carbocycles. The smallest absolute Gasteiger partial charge is 0.255 e. The summed E-state index contributed by atoms with van der Waals surface area (Å²) >= 11 is 6.13. The first kappa shape index (κ1) is 16.1. The Morgan fingerprint density at radius 2 is 2.14 bits per heavy atom. The zero-order valence-electron chi connectivity index (χ0n) is 12.1. The zero-order valence-corrected chi connectivity index (χ0v) is 13.7. The molecule has 1 heterocycles. The van der Waals surface area contributed by atoms with Gasteiger partial charge in [-0.25, -0.2) is 8.42 Å². The molecule has 7 heteroatoms. The first-order valence-electron chi connectivity index (χ1n) is 6.83. The van der Waals surface area contributed by atoms with Crippen molar-refractivity contribution in [1.82, 2.24) is 4.90 Å². The molecule has 1 aromatic carbocycles. The Morgan fingerprint density at radius 3 is 2.71 bits per heavy atom. The van der Waals surface area contributed by atoms with Gasteiger partial charge in [0.2, 0.25) is 10.0 Å². The number of nitrogens with zero attached hydrogens (tertiary/aromatic N) is 1. The van der Waals surface area contributed by atoms with E-state index >= 15 is 0 Å². The zero-order chi connectivity index (χ0) is 15.6. The maximum Gasteiger partial charge on any atom is 0.255 e. The number of carbonyl (C=O) groups is 1. The van der Waals surface area contributed by atoms with Crippen molar-refractivity contribution in [2.24, 2.45) is 5.92 Å². The highest BCUT2D eigenvalue weighted by Gasteiger charge is 2.23. The lowest BCUT2D eigenvalue weighted by molar-refractivity contribution is 0.0683. The Labute approximate surface area is 130 Å². The molecule has 1 aromatic rings. The van der Waals surface area contributed by atoms with Gasteiger partial charge in [0.25, 0.3) is 5.91 Å². The number of benzene rings is 1. The van der Waals surface area contributed by atoms with Crippen LogP contribution in [0.5, 0.6) is 0 Å². The van der Waals surface area contributed by atoms with Crippen LogP contribution in [0.3, 0.4) is 0 Å². The molecule has 1 atom stereocenters. The van der Waals surface area contributed by atoms with Gasteiger partial charge in [-0.15, -0.1) is 0 Å². The number of sulfonamides is 1. The number of halogens is 1. The molecule has 1 aliphatic heterocycles. The largest absolute Gasteiger partial charge is 0.338 e. The number of rotatable bonds is 3. The van der Waals surface area contributed by atoms with E-state index in [1.165, 1.54) is 6.07 Å². The summed E-state index contributed by atoms with van der Waals surface area (Å²) in [4.78, 5) is 14.3. The highest BCUT2D eigenvalue weighted by atomic mass is 35.5. The Bertz CT molecular complexity index is 646. The molecular formula is C14H19ClN2O3S. The Kier molecular flexibility index (Phi) is 4.78. The molecular weight excluding hydrogens is 312 g/mol. The van der Waals surface area contributed by atoms with Gasteiger partial charge < -0.3 is 4.90 Å². The van der Waals surface area contributed by atoms with E-state index in [1.807, 2.05) is 0 Å². The highest BCUT2D eigenvalue weighted by molar-refractivity contribution is 7.92. The SMILES string of the molecule is CC1CCCN(C(=O)c2ccc(NS(C)(=O)=O)cc2Cl)C1. The lowest BCUT2D eigenvalue weighted by Gasteiger charge is -2.31. The third-order valence-corrected chi connectivity index (χ3v) is 4.37. The fourth-order valence-corrected chi connectivity index (χ4v) is 3.33. The lowest BCUT2D eigenvalue weighted by atomic mass is 9.99. The molecule has 5 nitrogen and oxygen atoms in total. The van der Waals surface area contributed by atoms with Crippen molar-refractivity contribution in [3.8, 4) is 0 Å². The quantitative estimate of drug-likeness (QED) is 0.926. The van der Waals surface area contributed by atoms with Crippen molar-refractivity contribution in [1.29, 1.82) is 0 Å². The second-order valence-electron chi connectivity index (χ2n) is 5.57. The molecule has 1 unspecified atom stereocenters. The summed E-state index contributed by atoms with van der Waals surface area (Å²) in [7, 11) is -3.36. The average molecular weight is 331 g/mol. The monoisotopic (exact) mass is 330 g/mol. The second-order valence-corrected chi connectivity index (χ2v) is 7.72. The van der Waals surface area contributed by atoms with Crippen molar-refractivity contribution < 1.29 is 13.2 Å². The molecule has 1 aliphatic rings. The van der Waals surface area contributed by atoms with Crippen LogP contribution < -0.4 is 4.72 Å². The number of nitrogens with one attached hydrogen (secondary N) is 1. The van der Waals surface area contributed by atoms with E-state index in [2.05, 4.69) is 11.6 Å². The summed E-state index contributed by atoms with van der Waals surface area (Å²) < 4.78 is 24.7. The number of hydrogen-bond acceptors (Lipinski definition) is 3. The number of likely N-dealkylation sites (tertiary alicyclic amines) is 1. The van der Waals surface area contributed by atoms with Crippen LogP contribution in [0.2, 0.25) is 5.02 Å². The minimum absolute atomic E-state index is 0.0996. The maximum atomic E-state index is 12.5. The molecule has 0 aromatic heterocycles. The molecule has 1 fully saturated rings. The third-order valence-electron chi connectivity index (χ3n) is 3.45. The number of piperidine rings is 1. The van der Waals surface area contributed by atoms with E-state index in [0.717, 1.165) is 32.2 Å². The molecule has 116 valence electrons. The van der Waals surface area contributed by atoms with Gasteiger partial charge in [0.1, 0.15) is 0 Å². The highest BCUT2D eigenvalue weighted by Crippen LogP contribution is 2.25. The summed E-state index contributed by atoms with van der Waals surface area (Å²) in [5.41, 5.74) is 0.760. The van der Waals surface area contributed by atoms with Crippen LogP contribution in [-0.4, -0.2) is 38.6 Å². The van der Waals surface area contributed by atoms with E-state index in [0.29, 0.717) is 17.2 Å². The molecule has 2 rings (SSSR count). The van der Waals surface area contributed by atoms with Gasteiger partial charge in [-0.05, 0) is 37.0 Å². The minimum Gasteiger partial charge on any atom is -0.338 e. The molecule has 1 saturated heterocycles. The molecule has 0 radical (unpaired) electrons. The van der Waals surface area contributed by atoms with Crippen LogP contribution in [0.15, 0.2) is 18.2 Å². The van der Waals surface area contributed by atoms with Crippen LogP contribution in [0, 0.1) is 5.92 Å². The van der Waals surface area contributed by atoms with Gasteiger partial charge in [-0.2, -0.15) is 0 Å². The average Bonchev–Trinajstić information content (AvgIpc) is 2.36. The Hall–Kier alpha value is -1.27. The van der Waals surface area contributed by atoms with Gasteiger partial charge in [-0.1, -0.05) is 18.5 Å². The van der Waals surface area contributed by atoms with Gasteiger partial charge in [-0.3, -0.25) is 9.52 Å². The molecule has 21 heavy (non-hydrogen) atoms. The summed E-state index contributed by atoms with van der Waals surface area (Å²) in [6, 6.07) is 4.58. The van der Waals surface area contributed by atoms with E-state index in [4.69, 9.17) is 11.6 Å². The number of anilines is 1. The normalized spacial score (nSPS) is 19.4. The Morgan fingerprint density at radius 1 is 1.43 bits per heavy atom. The first-order chi connectivity index (χ1) is 9.76. The number of amides is 1. The molecule has 1 N–H and O–H groups in total. The minimum atomic E-state index is -3.36. The van der Waals surface area contributed by atoms with Gasteiger partial charge in [0, 0.05) is 18.8 Å². The van der Waals surface area contributed by atoms with Crippen LogP contribution in [0.25, 0.3) is 0 Å². The van der Waals surface area contributed by atoms with Crippen molar-refractivity contribution in [3.05, 3.63) is 28.8 Å². The van der Waals surface area contributed by atoms with Crippen molar-refractivity contribution >= 4 is 33.2 Å². The fourth-order valence-electron chi connectivity index (χ4n) is 2.51. The third kappa shape index (κ3) is 4.35. The standard InChI is InChI=1S/C14H19ClN2O3S/c1-10-4-3-7-17(9-10)14(18)12-6-5-11(8-13(12)15)16-21(2,19)20/h5-6,8,10,16H,3-4,7,9H2,1-2H3. The van der Waals surface area contributed by atoms with Crippen LogP contribution in [0.1, 0.15) is 30.1 Å². The summed E-state index contributed by atoms with van der Waals surface area (Å²) in [5, 5.41) is 0.256. The first-order valence-corrected chi connectivity index (χ1v) is 9.10. The van der Waals surface area contributed by atoms with E-state index < -0.39 is 10.0 Å². The maximum absolute atomic E-state index is 12.5. The fraction of sp³-hybridized carbons (Fsp3) is 0.500. The van der Waals surface area contributed by atoms with Crippen molar-refractivity contribution in [3.63, 3.8) is 0 Å². The predicted octanol–water partition coefficient (Wildman–Crippen LogP) is 2.58. The summed E-state index contributed by atoms with van der Waals surface area (Å²) in [6.07, 6.45) is 3.20. The van der Waals surface area contributed by atoms with Crippen LogP contribution in [-0.2, 0) is 10.0 Å². The van der Waals surface area contributed by atoms with Crippen molar-refractivity contribution in [2.45, 2.75) is 19.8 Å². The van der Waals surface area contributed by atoms with Gasteiger partial charge in [0.15, 0.2) is 0 Å². The molecule has 0 spiro atoms. The molecule has 1 amide bonds.